The van der Waals surface area contributed by atoms with Gasteiger partial charge in [0.15, 0.2) is 0 Å². The van der Waals surface area contributed by atoms with E-state index in [1.807, 2.05) is 55.5 Å². The topological polar surface area (TPSA) is 76.7 Å². The molecule has 0 radical (unpaired) electrons. The van der Waals surface area contributed by atoms with E-state index in [1.165, 1.54) is 20.0 Å². The van der Waals surface area contributed by atoms with Gasteiger partial charge in [-0.15, -0.1) is 0 Å². The fourth-order valence-electron chi connectivity index (χ4n) is 4.38. The van der Waals surface area contributed by atoms with E-state index in [0.717, 1.165) is 36.2 Å². The van der Waals surface area contributed by atoms with Crippen molar-refractivity contribution in [2.75, 3.05) is 32.1 Å². The van der Waals surface area contributed by atoms with Crippen LogP contribution in [0.2, 0.25) is 0 Å². The molecule has 0 atom stereocenters. The molecule has 182 valence electrons. The van der Waals surface area contributed by atoms with Crippen molar-refractivity contribution in [2.45, 2.75) is 26.2 Å². The minimum absolute atomic E-state index is 0.299. The molecule has 1 amide bonds. The number of hydrogen-bond donors (Lipinski definition) is 2. The molecule has 1 aliphatic heterocycles. The molecule has 1 heterocycles. The third-order valence-electron chi connectivity index (χ3n) is 6.49. The van der Waals surface area contributed by atoms with Gasteiger partial charge in [-0.25, -0.2) is 4.79 Å². The van der Waals surface area contributed by atoms with Crippen LogP contribution >= 0.6 is 0 Å². The summed E-state index contributed by atoms with van der Waals surface area (Å²) in [4.78, 5) is 25.7. The van der Waals surface area contributed by atoms with Crippen LogP contribution in [0.3, 0.4) is 0 Å². The molecule has 1 aliphatic rings. The number of piperidine rings is 1. The zero-order valence-electron chi connectivity index (χ0n) is 20.3. The average molecular weight is 473 g/mol. The van der Waals surface area contributed by atoms with Gasteiger partial charge in [0.25, 0.3) is 5.91 Å². The lowest BCUT2D eigenvalue weighted by Gasteiger charge is -2.22. The minimum Gasteiger partial charge on any atom is -0.494 e. The molecule has 0 bridgehead atoms. The van der Waals surface area contributed by atoms with Crippen molar-refractivity contribution in [3.05, 3.63) is 83.4 Å². The quantitative estimate of drug-likeness (QED) is 0.425. The second-order valence-electron chi connectivity index (χ2n) is 8.88. The zero-order chi connectivity index (χ0) is 24.6. The summed E-state index contributed by atoms with van der Waals surface area (Å²) in [5.41, 5.74) is 3.91. The molecular weight excluding hydrogens is 440 g/mol. The number of methoxy groups -OCH3 is 1. The largest absolute Gasteiger partial charge is 0.494 e. The van der Waals surface area contributed by atoms with Gasteiger partial charge in [0.05, 0.1) is 25.0 Å². The van der Waals surface area contributed by atoms with E-state index in [0.29, 0.717) is 35.1 Å². The molecule has 0 aliphatic carbocycles. The summed E-state index contributed by atoms with van der Waals surface area (Å²) in [6.07, 6.45) is 3.36. The number of amides is 1. The normalized spacial score (nSPS) is 13.8. The van der Waals surface area contributed by atoms with E-state index in [4.69, 9.17) is 9.47 Å². The molecule has 0 unspecified atom stereocenters. The Bertz CT molecular complexity index is 1170. The summed E-state index contributed by atoms with van der Waals surface area (Å²) >= 11 is 0. The predicted molar refractivity (Wildman–Crippen MR) is 138 cm³/mol. The summed E-state index contributed by atoms with van der Waals surface area (Å²) in [6.45, 7) is 4.65. The van der Waals surface area contributed by atoms with Crippen molar-refractivity contribution in [1.29, 1.82) is 0 Å². The zero-order valence-corrected chi connectivity index (χ0v) is 20.3. The van der Waals surface area contributed by atoms with Crippen LogP contribution in [-0.2, 0) is 4.74 Å². The average Bonchev–Trinajstić information content (AvgIpc) is 2.90. The number of anilines is 1. The Morgan fingerprint density at radius 3 is 2.46 bits per heavy atom. The van der Waals surface area contributed by atoms with Gasteiger partial charge in [0.1, 0.15) is 5.75 Å². The number of carbonyl (C=O) groups is 2. The van der Waals surface area contributed by atoms with Crippen molar-refractivity contribution < 1.29 is 19.1 Å². The third kappa shape index (κ3) is 6.28. The van der Waals surface area contributed by atoms with Crippen LogP contribution in [0.4, 0.5) is 5.69 Å². The van der Waals surface area contributed by atoms with Crippen molar-refractivity contribution >= 4 is 17.6 Å². The molecule has 0 saturated carbocycles. The van der Waals surface area contributed by atoms with Gasteiger partial charge in [-0.3, -0.25) is 4.79 Å². The van der Waals surface area contributed by atoms with E-state index in [-0.39, 0.29) is 5.91 Å². The lowest BCUT2D eigenvalue weighted by Crippen LogP contribution is -2.28. The molecule has 1 saturated heterocycles. The van der Waals surface area contributed by atoms with Gasteiger partial charge in [0.2, 0.25) is 0 Å². The SMILES string of the molecule is COC(=O)c1ccc(-c2ccccc2)cc1NC(=O)c1cc(OCCC2CCNCC2)ccc1C. The van der Waals surface area contributed by atoms with Crippen molar-refractivity contribution in [3.8, 4) is 16.9 Å². The van der Waals surface area contributed by atoms with Crippen LogP contribution < -0.4 is 15.4 Å². The Labute approximate surface area is 206 Å². The minimum atomic E-state index is -0.508. The number of carbonyl (C=O) groups excluding carboxylic acids is 2. The number of rotatable bonds is 8. The predicted octanol–water partition coefficient (Wildman–Crippen LogP) is 5.47. The van der Waals surface area contributed by atoms with Crippen LogP contribution in [-0.4, -0.2) is 38.7 Å². The van der Waals surface area contributed by atoms with Gasteiger partial charge in [-0.05, 0) is 86.1 Å². The highest BCUT2D eigenvalue weighted by Crippen LogP contribution is 2.28. The van der Waals surface area contributed by atoms with E-state index >= 15 is 0 Å². The highest BCUT2D eigenvalue weighted by Gasteiger charge is 2.18. The van der Waals surface area contributed by atoms with E-state index in [1.54, 1.807) is 18.2 Å². The molecule has 6 nitrogen and oxygen atoms in total. The molecule has 2 N–H and O–H groups in total. The van der Waals surface area contributed by atoms with E-state index in [9.17, 15) is 9.59 Å². The van der Waals surface area contributed by atoms with Crippen molar-refractivity contribution in [2.24, 2.45) is 5.92 Å². The maximum absolute atomic E-state index is 13.3. The molecule has 3 aromatic carbocycles. The van der Waals surface area contributed by atoms with Crippen LogP contribution in [0.5, 0.6) is 5.75 Å². The number of nitrogens with one attached hydrogen (secondary N) is 2. The molecule has 35 heavy (non-hydrogen) atoms. The van der Waals surface area contributed by atoms with Gasteiger partial charge in [-0.1, -0.05) is 42.5 Å². The Morgan fingerprint density at radius 2 is 1.71 bits per heavy atom. The Morgan fingerprint density at radius 1 is 0.943 bits per heavy atom. The molecule has 4 rings (SSSR count). The lowest BCUT2D eigenvalue weighted by atomic mass is 9.95. The fourth-order valence-corrected chi connectivity index (χ4v) is 4.38. The molecule has 1 fully saturated rings. The summed E-state index contributed by atoms with van der Waals surface area (Å²) in [5.74, 6) is 0.535. The van der Waals surface area contributed by atoms with E-state index in [2.05, 4.69) is 10.6 Å². The first kappa shape index (κ1) is 24.5. The summed E-state index contributed by atoms with van der Waals surface area (Å²) in [5, 5.41) is 6.31. The van der Waals surface area contributed by atoms with E-state index < -0.39 is 5.97 Å². The number of aryl methyl sites for hydroxylation is 1. The second kappa shape index (κ2) is 11.7. The highest BCUT2D eigenvalue weighted by molar-refractivity contribution is 6.09. The Hall–Kier alpha value is -3.64. The molecule has 0 aromatic heterocycles. The molecule has 3 aromatic rings. The van der Waals surface area contributed by atoms with Crippen molar-refractivity contribution in [3.63, 3.8) is 0 Å². The monoisotopic (exact) mass is 472 g/mol. The Kier molecular flexibility index (Phi) is 8.16. The first-order chi connectivity index (χ1) is 17.0. The van der Waals surface area contributed by atoms with Gasteiger partial charge < -0.3 is 20.1 Å². The Balaban J connectivity index is 1.52. The smallest absolute Gasteiger partial charge is 0.339 e. The lowest BCUT2D eigenvalue weighted by molar-refractivity contribution is 0.0602. The second-order valence-corrected chi connectivity index (χ2v) is 8.88. The number of ether oxygens (including phenoxy) is 2. The van der Waals surface area contributed by atoms with Crippen LogP contribution in [0.25, 0.3) is 11.1 Å². The number of esters is 1. The standard InChI is InChI=1S/C29H32N2O4/c1-20-8-10-24(35-17-14-21-12-15-30-16-13-21)19-26(20)28(32)31-27-18-23(22-6-4-3-5-7-22)9-11-25(27)29(33)34-2/h3-11,18-19,21,30H,12-17H2,1-2H3,(H,31,32). The maximum atomic E-state index is 13.3. The number of hydrogen-bond acceptors (Lipinski definition) is 5. The van der Waals surface area contributed by atoms with Crippen molar-refractivity contribution in [1.82, 2.24) is 5.32 Å². The summed E-state index contributed by atoms with van der Waals surface area (Å²) < 4.78 is 10.9. The van der Waals surface area contributed by atoms with Gasteiger partial charge >= 0.3 is 5.97 Å². The molecule has 0 spiro atoms. The third-order valence-corrected chi connectivity index (χ3v) is 6.49. The maximum Gasteiger partial charge on any atom is 0.339 e. The first-order valence-corrected chi connectivity index (χ1v) is 12.1. The van der Waals surface area contributed by atoms with Crippen LogP contribution in [0.1, 0.15) is 45.5 Å². The van der Waals surface area contributed by atoms with Gasteiger partial charge in [0, 0.05) is 5.56 Å². The fraction of sp³-hybridized carbons (Fsp3) is 0.310. The number of benzene rings is 3. The first-order valence-electron chi connectivity index (χ1n) is 12.1. The summed E-state index contributed by atoms with van der Waals surface area (Å²) in [6, 6.07) is 20.7. The van der Waals surface area contributed by atoms with Gasteiger partial charge in [-0.2, -0.15) is 0 Å². The van der Waals surface area contributed by atoms with Crippen LogP contribution in [0.15, 0.2) is 66.7 Å². The van der Waals surface area contributed by atoms with Crippen LogP contribution in [0, 0.1) is 12.8 Å². The molecular formula is C29H32N2O4. The highest BCUT2D eigenvalue weighted by atomic mass is 16.5. The molecule has 6 heteroatoms. The summed E-state index contributed by atoms with van der Waals surface area (Å²) in [7, 11) is 1.33.